The molecule has 2 heterocycles. The number of nitrogens with one attached hydrogen (secondary N) is 4. The summed E-state index contributed by atoms with van der Waals surface area (Å²) in [5.41, 5.74) is 11.5. The monoisotopic (exact) mass is 516 g/mol. The van der Waals surface area contributed by atoms with Crippen LogP contribution in [0.5, 0.6) is 0 Å². The highest BCUT2D eigenvalue weighted by molar-refractivity contribution is 7.16. The van der Waals surface area contributed by atoms with Gasteiger partial charge in [0.15, 0.2) is 10.3 Å². The van der Waals surface area contributed by atoms with Crippen LogP contribution in [0.4, 0.5) is 10.3 Å². The van der Waals surface area contributed by atoms with E-state index in [1.54, 1.807) is 22.7 Å². The predicted octanol–water partition coefficient (Wildman–Crippen LogP) is 5.67. The summed E-state index contributed by atoms with van der Waals surface area (Å²) in [6.07, 6.45) is 7.79. The Morgan fingerprint density at radius 1 is 1.17 bits per heavy atom. The van der Waals surface area contributed by atoms with E-state index in [1.165, 1.54) is 40.4 Å². The number of fused-ring (bicyclic) bond motifs is 2. The molecule has 2 atom stereocenters. The van der Waals surface area contributed by atoms with E-state index in [1.807, 2.05) is 0 Å². The fourth-order valence-electron chi connectivity index (χ4n) is 5.46. The van der Waals surface area contributed by atoms with Crippen LogP contribution in [0.3, 0.4) is 0 Å². The number of nitrogens with zero attached hydrogens (tertiary/aromatic N) is 3. The highest BCUT2D eigenvalue weighted by Crippen LogP contribution is 2.44. The van der Waals surface area contributed by atoms with E-state index in [2.05, 4.69) is 62.7 Å². The van der Waals surface area contributed by atoms with Crippen molar-refractivity contribution in [3.05, 3.63) is 21.1 Å². The topological polar surface area (TPSA) is 124 Å². The number of aryl methyl sites for hydroxylation is 2. The minimum absolute atomic E-state index is 0.0397. The first-order valence-electron chi connectivity index (χ1n) is 12.6. The maximum Gasteiger partial charge on any atom is 0.217 e. The molecular weight excluding hydrogens is 476 g/mol. The van der Waals surface area contributed by atoms with Gasteiger partial charge in [0.05, 0.1) is 11.4 Å². The molecule has 0 amide bonds. The minimum Gasteiger partial charge on any atom is -0.368 e. The average molecular weight is 517 g/mol. The number of hydrazone groups is 1. The first-order chi connectivity index (χ1) is 16.4. The van der Waals surface area contributed by atoms with Crippen LogP contribution in [-0.4, -0.2) is 21.9 Å². The van der Waals surface area contributed by atoms with E-state index in [0.29, 0.717) is 17.3 Å². The summed E-state index contributed by atoms with van der Waals surface area (Å²) >= 11 is 3.29. The molecule has 192 valence electrons. The Morgan fingerprint density at radius 3 is 2.60 bits per heavy atom. The van der Waals surface area contributed by atoms with Crippen molar-refractivity contribution in [1.29, 1.82) is 5.41 Å². The zero-order chi connectivity index (χ0) is 25.4. The van der Waals surface area contributed by atoms with Crippen LogP contribution in [0.15, 0.2) is 5.10 Å². The maximum atomic E-state index is 8.25. The van der Waals surface area contributed by atoms with Crippen molar-refractivity contribution in [2.45, 2.75) is 91.9 Å². The number of anilines is 2. The van der Waals surface area contributed by atoms with Crippen LogP contribution in [0, 0.1) is 22.7 Å². The molecule has 4 rings (SSSR count). The number of aromatic nitrogens is 2. The fourth-order valence-corrected chi connectivity index (χ4v) is 7.71. The smallest absolute Gasteiger partial charge is 0.217 e. The summed E-state index contributed by atoms with van der Waals surface area (Å²) in [4.78, 5) is 12.3. The average Bonchev–Trinajstić information content (AvgIpc) is 3.34. The summed E-state index contributed by atoms with van der Waals surface area (Å²) in [5, 5.41) is 20.0. The fraction of sp³-hybridized carbons (Fsp3) is 0.680. The third-order valence-corrected chi connectivity index (χ3v) is 9.25. The summed E-state index contributed by atoms with van der Waals surface area (Å²) in [7, 11) is 0. The van der Waals surface area contributed by atoms with E-state index < -0.39 is 0 Å². The van der Waals surface area contributed by atoms with Crippen LogP contribution in [0.1, 0.15) is 88.4 Å². The Balaban J connectivity index is 1.34. The molecule has 0 aromatic carbocycles. The van der Waals surface area contributed by atoms with Gasteiger partial charge in [-0.15, -0.1) is 27.8 Å². The third-order valence-electron chi connectivity index (χ3n) is 7.18. The van der Waals surface area contributed by atoms with Gasteiger partial charge in [0.2, 0.25) is 11.9 Å². The van der Waals surface area contributed by atoms with Gasteiger partial charge in [-0.05, 0) is 62.2 Å². The Labute approximate surface area is 217 Å². The quantitative estimate of drug-likeness (QED) is 0.198. The molecule has 0 radical (unpaired) electrons. The largest absolute Gasteiger partial charge is 0.368 e. The van der Waals surface area contributed by atoms with Gasteiger partial charge in [-0.25, -0.2) is 15.4 Å². The lowest BCUT2D eigenvalue weighted by atomic mass is 9.72. The van der Waals surface area contributed by atoms with E-state index in [-0.39, 0.29) is 17.3 Å². The van der Waals surface area contributed by atoms with Gasteiger partial charge < -0.3 is 16.4 Å². The van der Waals surface area contributed by atoms with Crippen molar-refractivity contribution >= 4 is 44.9 Å². The van der Waals surface area contributed by atoms with Crippen molar-refractivity contribution in [3.8, 4) is 0 Å². The molecular formula is C25H40N8S2. The zero-order valence-electron chi connectivity index (χ0n) is 21.8. The molecule has 2 unspecified atom stereocenters. The number of hydrogen-bond donors (Lipinski definition) is 5. The lowest BCUT2D eigenvalue weighted by Gasteiger charge is -2.34. The Hall–Kier alpha value is -2.20. The molecule has 0 saturated heterocycles. The van der Waals surface area contributed by atoms with E-state index in [4.69, 9.17) is 21.1 Å². The first kappa shape index (κ1) is 25.9. The summed E-state index contributed by atoms with van der Waals surface area (Å²) in [6, 6.07) is 0. The van der Waals surface area contributed by atoms with Gasteiger partial charge in [-0.2, -0.15) is 0 Å². The Bertz CT molecular complexity index is 1090. The highest BCUT2D eigenvalue weighted by Gasteiger charge is 2.36. The Kier molecular flexibility index (Phi) is 7.43. The van der Waals surface area contributed by atoms with Gasteiger partial charge >= 0.3 is 0 Å². The molecule has 8 nitrogen and oxygen atoms in total. The van der Waals surface area contributed by atoms with E-state index >= 15 is 0 Å². The zero-order valence-corrected chi connectivity index (χ0v) is 23.5. The molecule has 0 saturated carbocycles. The lowest BCUT2D eigenvalue weighted by Crippen LogP contribution is -2.31. The summed E-state index contributed by atoms with van der Waals surface area (Å²) < 4.78 is 0. The molecule has 2 aliphatic carbocycles. The highest BCUT2D eigenvalue weighted by atomic mass is 32.1. The van der Waals surface area contributed by atoms with Gasteiger partial charge in [-0.1, -0.05) is 41.5 Å². The van der Waals surface area contributed by atoms with E-state index in [9.17, 15) is 0 Å². The van der Waals surface area contributed by atoms with Crippen LogP contribution in [-0.2, 0) is 24.7 Å². The first-order valence-corrected chi connectivity index (χ1v) is 14.3. The normalized spacial score (nSPS) is 22.5. The standard InChI is InChI=1S/C25H40N8S2/c1-14(2)13-25(6)11-7-8-17-19(25)29-23(34-17)31-21(27)33-32-20(26)30-22-28-16-10-9-15(24(3,4)5)12-18(16)35-22/h14-15H,7-13H2,1-6H3,(H3,26,28,30,32)(H3,27,29,31,33). The molecule has 0 fully saturated rings. The number of hydrogen-bond acceptors (Lipinski definition) is 6. The van der Waals surface area contributed by atoms with Crippen molar-refractivity contribution in [2.75, 3.05) is 10.6 Å². The second-order valence-electron chi connectivity index (χ2n) is 11.7. The summed E-state index contributed by atoms with van der Waals surface area (Å²) in [5.74, 6) is 1.51. The third kappa shape index (κ3) is 6.14. The molecule has 0 bridgehead atoms. The molecule has 0 aliphatic heterocycles. The van der Waals surface area contributed by atoms with Crippen LogP contribution in [0.25, 0.3) is 0 Å². The number of guanidine groups is 2. The molecule has 35 heavy (non-hydrogen) atoms. The van der Waals surface area contributed by atoms with Gasteiger partial charge in [0, 0.05) is 15.2 Å². The van der Waals surface area contributed by atoms with Gasteiger partial charge in [0.25, 0.3) is 0 Å². The maximum absolute atomic E-state index is 8.25. The van der Waals surface area contributed by atoms with Crippen LogP contribution >= 0.6 is 22.7 Å². The number of nitrogens with two attached hydrogens (primary N) is 1. The van der Waals surface area contributed by atoms with Crippen molar-refractivity contribution < 1.29 is 0 Å². The second-order valence-corrected chi connectivity index (χ2v) is 13.9. The van der Waals surface area contributed by atoms with E-state index in [0.717, 1.165) is 35.9 Å². The lowest BCUT2D eigenvalue weighted by molar-refractivity contribution is 0.217. The molecule has 0 spiro atoms. The molecule has 6 N–H and O–H groups in total. The van der Waals surface area contributed by atoms with Crippen molar-refractivity contribution in [2.24, 2.45) is 28.1 Å². The van der Waals surface area contributed by atoms with Crippen molar-refractivity contribution in [1.82, 2.24) is 15.4 Å². The van der Waals surface area contributed by atoms with Gasteiger partial charge in [-0.3, -0.25) is 5.41 Å². The Morgan fingerprint density at radius 2 is 1.89 bits per heavy atom. The predicted molar refractivity (Wildman–Crippen MR) is 149 cm³/mol. The SMILES string of the molecule is CC(C)CC1(C)CCCc2sc(NC(=N)NN=C(N)Nc3nc4c(s3)CC(C(C)(C)C)CC4)nc21. The molecule has 10 heteroatoms. The molecule has 2 aliphatic rings. The number of thiazole rings is 2. The molecule has 2 aromatic heterocycles. The van der Waals surface area contributed by atoms with Gasteiger partial charge in [0.1, 0.15) is 0 Å². The molecule has 2 aromatic rings. The second kappa shape index (κ2) is 10.0. The summed E-state index contributed by atoms with van der Waals surface area (Å²) in [6.45, 7) is 13.8. The minimum atomic E-state index is 0.0397. The number of rotatable bonds is 5. The van der Waals surface area contributed by atoms with Crippen LogP contribution in [0.2, 0.25) is 0 Å². The van der Waals surface area contributed by atoms with Crippen molar-refractivity contribution in [3.63, 3.8) is 0 Å². The van der Waals surface area contributed by atoms with Crippen LogP contribution < -0.4 is 21.8 Å².